The fourth-order valence-corrected chi connectivity index (χ4v) is 2.09. The summed E-state index contributed by atoms with van der Waals surface area (Å²) in [5, 5.41) is 2.69. The zero-order chi connectivity index (χ0) is 13.8. The maximum atomic E-state index is 12.3. The van der Waals surface area contributed by atoms with Gasteiger partial charge in [-0.1, -0.05) is 0 Å². The molecule has 0 saturated carbocycles. The first-order valence-electron chi connectivity index (χ1n) is 6.42. The lowest BCUT2D eigenvalue weighted by Crippen LogP contribution is -2.47. The van der Waals surface area contributed by atoms with Crippen LogP contribution in [0.2, 0.25) is 0 Å². The summed E-state index contributed by atoms with van der Waals surface area (Å²) >= 11 is 0. The quantitative estimate of drug-likeness (QED) is 0.865. The molecule has 1 aliphatic heterocycles. The predicted octanol–water partition coefficient (Wildman–Crippen LogP) is 1.03. The van der Waals surface area contributed by atoms with E-state index in [2.05, 4.69) is 17.3 Å². The van der Waals surface area contributed by atoms with Gasteiger partial charge in [0, 0.05) is 44.4 Å². The number of nitrogens with zero attached hydrogens (tertiary/aromatic N) is 2. The van der Waals surface area contributed by atoms with E-state index >= 15 is 0 Å². The minimum atomic E-state index is -0.113. The Labute approximate surface area is 113 Å². The standard InChI is InChI=1S/C14H19N3O2/c1-11(18)15-13-5-3-12(4-6-13)14(19)17-9-7-16(2)8-10-17/h3-6H,7-10H2,1-2H3,(H,15,18). The Kier molecular flexibility index (Phi) is 4.16. The summed E-state index contributed by atoms with van der Waals surface area (Å²) in [6, 6.07) is 7.02. The second kappa shape index (κ2) is 5.84. The van der Waals surface area contributed by atoms with Crippen LogP contribution in [-0.2, 0) is 4.79 Å². The second-order valence-electron chi connectivity index (χ2n) is 4.85. The molecule has 1 aliphatic rings. The molecule has 1 heterocycles. The Morgan fingerprint density at radius 2 is 1.63 bits per heavy atom. The van der Waals surface area contributed by atoms with Crippen molar-refractivity contribution in [1.29, 1.82) is 0 Å². The highest BCUT2D eigenvalue weighted by Crippen LogP contribution is 2.12. The van der Waals surface area contributed by atoms with E-state index in [1.54, 1.807) is 24.3 Å². The van der Waals surface area contributed by atoms with Crippen LogP contribution in [0.5, 0.6) is 0 Å². The molecule has 1 N–H and O–H groups in total. The first kappa shape index (κ1) is 13.5. The molecule has 102 valence electrons. The average molecular weight is 261 g/mol. The van der Waals surface area contributed by atoms with Gasteiger partial charge in [-0.2, -0.15) is 0 Å². The van der Waals surface area contributed by atoms with Crippen LogP contribution in [0.4, 0.5) is 5.69 Å². The summed E-state index contributed by atoms with van der Waals surface area (Å²) in [4.78, 5) is 27.3. The SMILES string of the molecule is CC(=O)Nc1ccc(C(=O)N2CCN(C)CC2)cc1. The molecule has 5 heteroatoms. The van der Waals surface area contributed by atoms with E-state index in [1.807, 2.05) is 4.90 Å². The number of rotatable bonds is 2. The van der Waals surface area contributed by atoms with Crippen molar-refractivity contribution in [3.8, 4) is 0 Å². The molecule has 0 bridgehead atoms. The summed E-state index contributed by atoms with van der Waals surface area (Å²) in [6.45, 7) is 4.82. The summed E-state index contributed by atoms with van der Waals surface area (Å²) < 4.78 is 0. The van der Waals surface area contributed by atoms with E-state index in [9.17, 15) is 9.59 Å². The highest BCUT2D eigenvalue weighted by molar-refractivity contribution is 5.95. The third-order valence-electron chi connectivity index (χ3n) is 3.24. The number of carbonyl (C=O) groups is 2. The molecule has 1 fully saturated rings. The highest BCUT2D eigenvalue weighted by Gasteiger charge is 2.20. The molecule has 5 nitrogen and oxygen atoms in total. The lowest BCUT2D eigenvalue weighted by molar-refractivity contribution is -0.114. The Hall–Kier alpha value is -1.88. The van der Waals surface area contributed by atoms with Crippen LogP contribution < -0.4 is 5.32 Å². The van der Waals surface area contributed by atoms with Crippen molar-refractivity contribution < 1.29 is 9.59 Å². The Bertz CT molecular complexity index is 462. The molecule has 1 aromatic rings. The smallest absolute Gasteiger partial charge is 0.253 e. The molecule has 2 amide bonds. The average Bonchev–Trinajstić information content (AvgIpc) is 2.39. The summed E-state index contributed by atoms with van der Waals surface area (Å²) in [6.07, 6.45) is 0. The maximum absolute atomic E-state index is 12.3. The van der Waals surface area contributed by atoms with Crippen LogP contribution in [0, 0.1) is 0 Å². The summed E-state index contributed by atoms with van der Waals surface area (Å²) in [5.41, 5.74) is 1.38. The molecular weight excluding hydrogens is 242 g/mol. The first-order valence-corrected chi connectivity index (χ1v) is 6.42. The molecule has 0 aliphatic carbocycles. The van der Waals surface area contributed by atoms with Crippen LogP contribution in [-0.4, -0.2) is 54.8 Å². The fourth-order valence-electron chi connectivity index (χ4n) is 2.09. The molecule has 2 rings (SSSR count). The van der Waals surface area contributed by atoms with Gasteiger partial charge in [0.1, 0.15) is 0 Å². The minimum Gasteiger partial charge on any atom is -0.336 e. The van der Waals surface area contributed by atoms with Gasteiger partial charge < -0.3 is 15.1 Å². The number of carbonyl (C=O) groups excluding carboxylic acids is 2. The van der Waals surface area contributed by atoms with Gasteiger partial charge >= 0.3 is 0 Å². The van der Waals surface area contributed by atoms with E-state index in [4.69, 9.17) is 0 Å². The molecule has 0 spiro atoms. The first-order chi connectivity index (χ1) is 9.06. The second-order valence-corrected chi connectivity index (χ2v) is 4.85. The predicted molar refractivity (Wildman–Crippen MR) is 74.1 cm³/mol. The number of piperazine rings is 1. The van der Waals surface area contributed by atoms with Crippen LogP contribution in [0.3, 0.4) is 0 Å². The number of benzene rings is 1. The van der Waals surface area contributed by atoms with E-state index < -0.39 is 0 Å². The molecular formula is C14H19N3O2. The van der Waals surface area contributed by atoms with Crippen molar-refractivity contribution >= 4 is 17.5 Å². The van der Waals surface area contributed by atoms with E-state index in [0.717, 1.165) is 26.2 Å². The highest BCUT2D eigenvalue weighted by atomic mass is 16.2. The number of likely N-dealkylation sites (N-methyl/N-ethyl adjacent to an activating group) is 1. The monoisotopic (exact) mass is 261 g/mol. The van der Waals surface area contributed by atoms with Crippen molar-refractivity contribution in [3.05, 3.63) is 29.8 Å². The lowest BCUT2D eigenvalue weighted by Gasteiger charge is -2.32. The van der Waals surface area contributed by atoms with Gasteiger partial charge in [0.15, 0.2) is 0 Å². The van der Waals surface area contributed by atoms with Crippen LogP contribution >= 0.6 is 0 Å². The number of nitrogens with one attached hydrogen (secondary N) is 1. The lowest BCUT2D eigenvalue weighted by atomic mass is 10.1. The normalized spacial score (nSPS) is 16.2. The van der Waals surface area contributed by atoms with Gasteiger partial charge in [-0.05, 0) is 31.3 Å². The number of amides is 2. The van der Waals surface area contributed by atoms with Crippen molar-refractivity contribution in [3.63, 3.8) is 0 Å². The Morgan fingerprint density at radius 3 is 2.16 bits per heavy atom. The van der Waals surface area contributed by atoms with Crippen molar-refractivity contribution in [2.75, 3.05) is 38.5 Å². The molecule has 1 saturated heterocycles. The largest absolute Gasteiger partial charge is 0.336 e. The topological polar surface area (TPSA) is 52.7 Å². The molecule has 0 atom stereocenters. The van der Waals surface area contributed by atoms with Gasteiger partial charge in [0.2, 0.25) is 5.91 Å². The van der Waals surface area contributed by atoms with Crippen molar-refractivity contribution in [1.82, 2.24) is 9.80 Å². The van der Waals surface area contributed by atoms with Gasteiger partial charge in [0.05, 0.1) is 0 Å². The van der Waals surface area contributed by atoms with Gasteiger partial charge in [-0.3, -0.25) is 9.59 Å². The molecule has 19 heavy (non-hydrogen) atoms. The Morgan fingerprint density at radius 1 is 1.05 bits per heavy atom. The van der Waals surface area contributed by atoms with E-state index in [0.29, 0.717) is 11.3 Å². The Balaban J connectivity index is 2.01. The zero-order valence-electron chi connectivity index (χ0n) is 11.3. The van der Waals surface area contributed by atoms with Crippen LogP contribution in [0.25, 0.3) is 0 Å². The zero-order valence-corrected chi connectivity index (χ0v) is 11.3. The van der Waals surface area contributed by atoms with Crippen LogP contribution in [0.1, 0.15) is 17.3 Å². The van der Waals surface area contributed by atoms with Gasteiger partial charge in [0.25, 0.3) is 5.91 Å². The number of hydrogen-bond donors (Lipinski definition) is 1. The van der Waals surface area contributed by atoms with E-state index in [1.165, 1.54) is 6.92 Å². The molecule has 0 radical (unpaired) electrons. The van der Waals surface area contributed by atoms with Gasteiger partial charge in [-0.15, -0.1) is 0 Å². The summed E-state index contributed by atoms with van der Waals surface area (Å²) in [5.74, 6) is -0.0550. The number of hydrogen-bond acceptors (Lipinski definition) is 3. The fraction of sp³-hybridized carbons (Fsp3) is 0.429. The number of anilines is 1. The summed E-state index contributed by atoms with van der Waals surface area (Å²) in [7, 11) is 2.06. The van der Waals surface area contributed by atoms with Crippen molar-refractivity contribution in [2.45, 2.75) is 6.92 Å². The van der Waals surface area contributed by atoms with Crippen molar-refractivity contribution in [2.24, 2.45) is 0 Å². The van der Waals surface area contributed by atoms with Crippen LogP contribution in [0.15, 0.2) is 24.3 Å². The minimum absolute atomic E-state index is 0.0578. The third kappa shape index (κ3) is 3.54. The maximum Gasteiger partial charge on any atom is 0.253 e. The third-order valence-corrected chi connectivity index (χ3v) is 3.24. The molecule has 0 aromatic heterocycles. The molecule has 0 unspecified atom stereocenters. The molecule has 1 aromatic carbocycles. The van der Waals surface area contributed by atoms with Gasteiger partial charge in [-0.25, -0.2) is 0 Å². The van der Waals surface area contributed by atoms with E-state index in [-0.39, 0.29) is 11.8 Å².